The molecular formula is C18H23ClN4. The first-order valence-corrected chi connectivity index (χ1v) is 8.42. The van der Waals surface area contributed by atoms with E-state index in [-0.39, 0.29) is 5.54 Å². The van der Waals surface area contributed by atoms with Gasteiger partial charge in [0.05, 0.1) is 5.69 Å². The van der Waals surface area contributed by atoms with Gasteiger partial charge in [-0.3, -0.25) is 0 Å². The Balaban J connectivity index is 1.77. The summed E-state index contributed by atoms with van der Waals surface area (Å²) >= 11 is 6.04. The molecule has 1 fully saturated rings. The molecule has 1 aliphatic carbocycles. The number of aromatic nitrogens is 2. The highest BCUT2D eigenvalue weighted by atomic mass is 35.5. The first-order valence-electron chi connectivity index (χ1n) is 8.04. The van der Waals surface area contributed by atoms with Gasteiger partial charge in [0.2, 0.25) is 5.95 Å². The zero-order valence-corrected chi connectivity index (χ0v) is 14.6. The second kappa shape index (κ2) is 6.36. The largest absolute Gasteiger partial charge is 0.366 e. The third-order valence-corrected chi connectivity index (χ3v) is 3.83. The number of hydrogen-bond donors (Lipinski definition) is 2. The van der Waals surface area contributed by atoms with Crippen LogP contribution in [0, 0.1) is 0 Å². The lowest BCUT2D eigenvalue weighted by molar-refractivity contribution is 0.625. The van der Waals surface area contributed by atoms with Crippen LogP contribution in [0.2, 0.25) is 5.02 Å². The van der Waals surface area contributed by atoms with Gasteiger partial charge in [-0.25, -0.2) is 4.98 Å². The van der Waals surface area contributed by atoms with Crippen LogP contribution in [0.3, 0.4) is 0 Å². The molecule has 0 unspecified atom stereocenters. The zero-order chi connectivity index (χ0) is 16.4. The molecule has 23 heavy (non-hydrogen) atoms. The van der Waals surface area contributed by atoms with E-state index >= 15 is 0 Å². The van der Waals surface area contributed by atoms with Gasteiger partial charge in [0.15, 0.2) is 0 Å². The fraction of sp³-hybridized carbons (Fsp3) is 0.444. The highest BCUT2D eigenvalue weighted by Gasteiger charge is 2.26. The molecule has 1 aromatic heterocycles. The van der Waals surface area contributed by atoms with Crippen LogP contribution in [-0.4, -0.2) is 15.5 Å². The summed E-state index contributed by atoms with van der Waals surface area (Å²) in [6.07, 6.45) is 2.44. The van der Waals surface area contributed by atoms with Crippen LogP contribution in [0.5, 0.6) is 0 Å². The van der Waals surface area contributed by atoms with E-state index in [2.05, 4.69) is 53.5 Å². The van der Waals surface area contributed by atoms with Gasteiger partial charge in [0, 0.05) is 29.1 Å². The minimum absolute atomic E-state index is 0.0631. The molecule has 2 aromatic rings. The molecule has 1 aliphatic rings. The van der Waals surface area contributed by atoms with Crippen molar-refractivity contribution in [3.05, 3.63) is 46.6 Å². The number of benzene rings is 1. The Morgan fingerprint density at radius 2 is 1.96 bits per heavy atom. The van der Waals surface area contributed by atoms with E-state index in [1.807, 2.05) is 18.2 Å². The molecule has 1 aromatic carbocycles. The van der Waals surface area contributed by atoms with Crippen LogP contribution in [0.15, 0.2) is 30.3 Å². The van der Waals surface area contributed by atoms with Gasteiger partial charge in [0.1, 0.15) is 5.82 Å². The van der Waals surface area contributed by atoms with Crippen LogP contribution in [0.1, 0.15) is 50.8 Å². The smallest absolute Gasteiger partial charge is 0.225 e. The summed E-state index contributed by atoms with van der Waals surface area (Å²) < 4.78 is 0. The maximum absolute atomic E-state index is 6.04. The Hall–Kier alpha value is -1.81. The quantitative estimate of drug-likeness (QED) is 0.824. The number of halogens is 1. The second-order valence-electron chi connectivity index (χ2n) is 7.13. The Labute approximate surface area is 142 Å². The molecular weight excluding hydrogens is 308 g/mol. The number of rotatable bonds is 5. The lowest BCUT2D eigenvalue weighted by Crippen LogP contribution is -2.27. The summed E-state index contributed by atoms with van der Waals surface area (Å²) in [5.74, 6) is 2.13. The first-order chi connectivity index (χ1) is 10.9. The average Bonchev–Trinajstić information content (AvgIpc) is 3.28. The summed E-state index contributed by atoms with van der Waals surface area (Å²) in [7, 11) is 0. The number of hydrogen-bond acceptors (Lipinski definition) is 4. The van der Waals surface area contributed by atoms with Gasteiger partial charge < -0.3 is 10.6 Å². The van der Waals surface area contributed by atoms with Crippen molar-refractivity contribution in [3.63, 3.8) is 0 Å². The Bertz CT molecular complexity index is 690. The minimum Gasteiger partial charge on any atom is -0.366 e. The SMILES string of the molecule is CC(C)(C)Nc1nc(NCc2cccc(Cl)c2)cc(C2CC2)n1. The molecule has 1 saturated carbocycles. The number of nitrogens with zero attached hydrogens (tertiary/aromatic N) is 2. The predicted octanol–water partition coefficient (Wildman–Crippen LogP) is 4.83. The third-order valence-electron chi connectivity index (χ3n) is 3.59. The van der Waals surface area contributed by atoms with Crippen LogP contribution in [0.4, 0.5) is 11.8 Å². The lowest BCUT2D eigenvalue weighted by atomic mass is 10.1. The van der Waals surface area contributed by atoms with Crippen LogP contribution in [-0.2, 0) is 6.54 Å². The first kappa shape index (κ1) is 16.1. The van der Waals surface area contributed by atoms with Gasteiger partial charge in [-0.2, -0.15) is 4.98 Å². The standard InChI is InChI=1S/C18H23ClN4/c1-18(2,3)23-17-21-15(13-7-8-13)10-16(22-17)20-11-12-5-4-6-14(19)9-12/h4-6,9-10,13H,7-8,11H2,1-3H3,(H2,20,21,22,23). The van der Waals surface area contributed by atoms with E-state index in [0.717, 1.165) is 22.1 Å². The third kappa shape index (κ3) is 4.83. The van der Waals surface area contributed by atoms with Gasteiger partial charge in [-0.15, -0.1) is 0 Å². The van der Waals surface area contributed by atoms with Crippen molar-refractivity contribution in [1.29, 1.82) is 0 Å². The summed E-state index contributed by atoms with van der Waals surface area (Å²) in [6, 6.07) is 9.92. The number of nitrogens with one attached hydrogen (secondary N) is 2. The zero-order valence-electron chi connectivity index (χ0n) is 13.9. The van der Waals surface area contributed by atoms with Crippen molar-refractivity contribution in [3.8, 4) is 0 Å². The molecule has 3 rings (SSSR count). The summed E-state index contributed by atoms with van der Waals surface area (Å²) in [5, 5.41) is 7.51. The highest BCUT2D eigenvalue weighted by molar-refractivity contribution is 6.30. The van der Waals surface area contributed by atoms with Gasteiger partial charge in [-0.1, -0.05) is 23.7 Å². The van der Waals surface area contributed by atoms with E-state index in [1.54, 1.807) is 0 Å². The molecule has 5 heteroatoms. The van der Waals surface area contributed by atoms with Crippen LogP contribution in [0.25, 0.3) is 0 Å². The predicted molar refractivity (Wildman–Crippen MR) is 96.2 cm³/mol. The fourth-order valence-electron chi connectivity index (χ4n) is 2.38. The van der Waals surface area contributed by atoms with Crippen LogP contribution < -0.4 is 10.6 Å². The molecule has 0 amide bonds. The number of anilines is 2. The van der Waals surface area contributed by atoms with Gasteiger partial charge in [0.25, 0.3) is 0 Å². The Kier molecular flexibility index (Phi) is 4.44. The van der Waals surface area contributed by atoms with E-state index in [1.165, 1.54) is 12.8 Å². The van der Waals surface area contributed by atoms with E-state index in [4.69, 9.17) is 11.6 Å². The highest BCUT2D eigenvalue weighted by Crippen LogP contribution is 2.40. The summed E-state index contributed by atoms with van der Waals surface area (Å²) in [4.78, 5) is 9.27. The topological polar surface area (TPSA) is 49.8 Å². The molecule has 0 atom stereocenters. The molecule has 0 spiro atoms. The van der Waals surface area contributed by atoms with Crippen molar-refractivity contribution in [2.45, 2.75) is 51.6 Å². The maximum Gasteiger partial charge on any atom is 0.225 e. The van der Waals surface area contributed by atoms with Crippen molar-refractivity contribution >= 4 is 23.4 Å². The maximum atomic E-state index is 6.04. The van der Waals surface area contributed by atoms with Gasteiger partial charge >= 0.3 is 0 Å². The molecule has 0 saturated heterocycles. The fourth-order valence-corrected chi connectivity index (χ4v) is 2.59. The summed E-state index contributed by atoms with van der Waals surface area (Å²) in [5.41, 5.74) is 2.20. The van der Waals surface area contributed by atoms with E-state index < -0.39 is 0 Å². The van der Waals surface area contributed by atoms with Crippen molar-refractivity contribution in [2.75, 3.05) is 10.6 Å². The molecule has 2 N–H and O–H groups in total. The molecule has 1 heterocycles. The van der Waals surface area contributed by atoms with E-state index in [0.29, 0.717) is 18.4 Å². The van der Waals surface area contributed by atoms with Crippen molar-refractivity contribution in [2.24, 2.45) is 0 Å². The molecule has 0 radical (unpaired) electrons. The second-order valence-corrected chi connectivity index (χ2v) is 7.57. The Morgan fingerprint density at radius 1 is 1.17 bits per heavy atom. The molecule has 122 valence electrons. The molecule has 0 bridgehead atoms. The normalized spacial score (nSPS) is 14.6. The minimum atomic E-state index is -0.0631. The van der Waals surface area contributed by atoms with Crippen LogP contribution >= 0.6 is 11.6 Å². The van der Waals surface area contributed by atoms with Gasteiger partial charge in [-0.05, 0) is 51.3 Å². The molecule has 4 nitrogen and oxygen atoms in total. The van der Waals surface area contributed by atoms with E-state index in [9.17, 15) is 0 Å². The molecule has 0 aliphatic heterocycles. The lowest BCUT2D eigenvalue weighted by Gasteiger charge is -2.21. The van der Waals surface area contributed by atoms with Crippen molar-refractivity contribution < 1.29 is 0 Å². The average molecular weight is 331 g/mol. The van der Waals surface area contributed by atoms with Crippen molar-refractivity contribution in [1.82, 2.24) is 9.97 Å². The monoisotopic (exact) mass is 330 g/mol. The summed E-state index contributed by atoms with van der Waals surface area (Å²) in [6.45, 7) is 7.02. The Morgan fingerprint density at radius 3 is 2.61 bits per heavy atom.